The van der Waals surface area contributed by atoms with Gasteiger partial charge in [-0.2, -0.15) is 5.26 Å². The molecule has 3 aromatic rings. The summed E-state index contributed by atoms with van der Waals surface area (Å²) in [5.41, 5.74) is 1.89. The molecule has 2 aromatic heterocycles. The fourth-order valence-electron chi connectivity index (χ4n) is 7.25. The van der Waals surface area contributed by atoms with E-state index >= 15 is 4.39 Å². The molecule has 5 heterocycles. The van der Waals surface area contributed by atoms with Crippen LogP contribution in [-0.2, 0) is 22.5 Å². The number of pyridine rings is 1. The maximum absolute atomic E-state index is 16.1. The first kappa shape index (κ1) is 32.5. The first-order valence-electron chi connectivity index (χ1n) is 16.2. The smallest absolute Gasteiger partial charge is 0.410 e. The van der Waals surface area contributed by atoms with Crippen LogP contribution in [0.25, 0.3) is 21.8 Å². The quantitative estimate of drug-likeness (QED) is 0.277. The summed E-state index contributed by atoms with van der Waals surface area (Å²) in [7, 11) is 0. The second-order valence-corrected chi connectivity index (χ2v) is 14.7. The lowest BCUT2D eigenvalue weighted by molar-refractivity contribution is -0.137. The van der Waals surface area contributed by atoms with E-state index in [1.54, 1.807) is 0 Å². The van der Waals surface area contributed by atoms with Gasteiger partial charge in [0.25, 0.3) is 0 Å². The molecule has 2 bridgehead atoms. The normalized spacial score (nSPS) is 21.7. The van der Waals surface area contributed by atoms with Crippen LogP contribution in [0.2, 0.25) is 0 Å². The van der Waals surface area contributed by atoms with E-state index < -0.39 is 11.4 Å². The third kappa shape index (κ3) is 5.70. The number of benzene rings is 1. The zero-order valence-electron chi connectivity index (χ0n) is 27.4. The molecule has 3 unspecified atom stereocenters. The Morgan fingerprint density at radius 2 is 2.00 bits per heavy atom. The van der Waals surface area contributed by atoms with Crippen LogP contribution in [0.5, 0.6) is 5.88 Å². The van der Waals surface area contributed by atoms with E-state index in [4.69, 9.17) is 9.47 Å². The van der Waals surface area contributed by atoms with Crippen molar-refractivity contribution in [2.75, 3.05) is 32.8 Å². The number of halogens is 2. The number of carbonyl (C=O) groups is 2. The molecule has 3 aliphatic heterocycles. The lowest BCUT2D eigenvalue weighted by Crippen LogP contribution is -2.52. The maximum atomic E-state index is 16.1. The summed E-state index contributed by atoms with van der Waals surface area (Å²) in [6, 6.07) is 6.18. The number of nitriles is 1. The Labute approximate surface area is 277 Å². The molecule has 4 fully saturated rings. The van der Waals surface area contributed by atoms with Gasteiger partial charge in [0, 0.05) is 49.1 Å². The van der Waals surface area contributed by atoms with Gasteiger partial charge >= 0.3 is 6.09 Å². The molecule has 10 nitrogen and oxygen atoms in total. The van der Waals surface area contributed by atoms with Gasteiger partial charge in [-0.1, -0.05) is 0 Å². The van der Waals surface area contributed by atoms with Crippen LogP contribution in [0.3, 0.4) is 0 Å². The van der Waals surface area contributed by atoms with Crippen molar-refractivity contribution in [3.63, 3.8) is 0 Å². The van der Waals surface area contributed by atoms with Crippen LogP contribution in [0.15, 0.2) is 16.6 Å². The van der Waals surface area contributed by atoms with Crippen molar-refractivity contribution in [2.45, 2.75) is 91.1 Å². The van der Waals surface area contributed by atoms with Crippen LogP contribution in [0.1, 0.15) is 71.7 Å². The summed E-state index contributed by atoms with van der Waals surface area (Å²) in [5, 5.41) is 10.6. The summed E-state index contributed by atoms with van der Waals surface area (Å²) in [5.74, 6) is 0.0460. The van der Waals surface area contributed by atoms with E-state index in [0.717, 1.165) is 29.6 Å². The summed E-state index contributed by atoms with van der Waals surface area (Å²) in [6.45, 7) is 14.6. The van der Waals surface area contributed by atoms with E-state index in [0.29, 0.717) is 56.0 Å². The van der Waals surface area contributed by atoms with Gasteiger partial charge in [-0.3, -0.25) is 9.69 Å². The number of carbonyl (C=O) groups excluding carboxylic acids is 2. The molecule has 12 heteroatoms. The third-order valence-corrected chi connectivity index (χ3v) is 10.3. The van der Waals surface area contributed by atoms with Gasteiger partial charge < -0.3 is 23.8 Å². The fourth-order valence-corrected chi connectivity index (χ4v) is 7.75. The molecular formula is C34H42BrFN6O4. The van der Waals surface area contributed by atoms with E-state index in [2.05, 4.69) is 50.3 Å². The molecule has 2 amide bonds. The second kappa shape index (κ2) is 12.3. The summed E-state index contributed by atoms with van der Waals surface area (Å²) in [4.78, 5) is 37.3. The highest BCUT2D eigenvalue weighted by Gasteiger charge is 2.56. The van der Waals surface area contributed by atoms with E-state index in [1.807, 2.05) is 49.6 Å². The molecule has 1 saturated carbocycles. The maximum Gasteiger partial charge on any atom is 0.410 e. The number of hydrogen-bond acceptors (Lipinski definition) is 7. The van der Waals surface area contributed by atoms with Crippen molar-refractivity contribution in [1.82, 2.24) is 24.3 Å². The summed E-state index contributed by atoms with van der Waals surface area (Å²) in [6.07, 6.45) is 1.12. The Morgan fingerprint density at radius 1 is 1.24 bits per heavy atom. The minimum Gasteiger partial charge on any atom is -0.477 e. The molecule has 0 radical (unpaired) electrons. The molecule has 1 aliphatic carbocycles. The molecule has 3 saturated heterocycles. The molecule has 46 heavy (non-hydrogen) atoms. The average molecular weight is 698 g/mol. The number of amides is 2. The predicted molar refractivity (Wildman–Crippen MR) is 176 cm³/mol. The van der Waals surface area contributed by atoms with Crippen molar-refractivity contribution in [2.24, 2.45) is 5.92 Å². The Hall–Kier alpha value is -3.43. The first-order valence-corrected chi connectivity index (χ1v) is 17.0. The Morgan fingerprint density at radius 3 is 2.65 bits per heavy atom. The Kier molecular flexibility index (Phi) is 8.70. The SMILES string of the molecule is CCOc1nc2c(F)c(Br)c(CCC#N)cc2c2c1cc(CN1CCN(C(C)C)CC1=O)n2C1C2CC1N(C(=O)OC(C)(C)C)C2. The van der Waals surface area contributed by atoms with Gasteiger partial charge in [-0.25, -0.2) is 14.2 Å². The molecule has 0 N–H and O–H groups in total. The molecule has 3 atom stereocenters. The summed E-state index contributed by atoms with van der Waals surface area (Å²) < 4.78 is 30.4. The number of aromatic nitrogens is 2. The zero-order chi connectivity index (χ0) is 33.1. The van der Waals surface area contributed by atoms with Gasteiger partial charge in [-0.15, -0.1) is 0 Å². The van der Waals surface area contributed by atoms with Crippen molar-refractivity contribution < 1.29 is 23.5 Å². The standard InChI is InChI=1S/C34H42BrFN6O4/c1-7-45-32-24-15-22(17-40-12-11-39(19(2)3)18-26(40)43)42(30-21-14-25(30)41(16-21)33(44)46-34(4,5)6)31(24)23-13-20(9-8-10-37)27(35)28(36)29(23)38-32/h13,15,19,21,25,30H,7-9,11-12,14,16-18H2,1-6H3. The number of aryl methyl sites for hydroxylation is 1. The zero-order valence-corrected chi connectivity index (χ0v) is 29.0. The number of nitrogens with zero attached hydrogens (tertiary/aromatic N) is 6. The van der Waals surface area contributed by atoms with Gasteiger partial charge in [0.05, 0.1) is 53.2 Å². The minimum absolute atomic E-state index is 0.0606. The van der Waals surface area contributed by atoms with Gasteiger partial charge in [0.1, 0.15) is 11.1 Å². The Balaban J connectivity index is 1.53. The lowest BCUT2D eigenvalue weighted by Gasteiger charge is -2.40. The second-order valence-electron chi connectivity index (χ2n) is 13.9. The average Bonchev–Trinajstić information content (AvgIpc) is 3.68. The molecule has 246 valence electrons. The number of piperazine rings is 1. The number of rotatable bonds is 8. The molecular weight excluding hydrogens is 655 g/mol. The molecule has 4 aliphatic rings. The summed E-state index contributed by atoms with van der Waals surface area (Å²) >= 11 is 3.42. The largest absolute Gasteiger partial charge is 0.477 e. The highest BCUT2D eigenvalue weighted by molar-refractivity contribution is 9.10. The van der Waals surface area contributed by atoms with Gasteiger partial charge in [0.2, 0.25) is 11.8 Å². The van der Waals surface area contributed by atoms with Crippen LogP contribution in [0, 0.1) is 23.1 Å². The fraction of sp³-hybridized carbons (Fsp3) is 0.588. The van der Waals surface area contributed by atoms with E-state index in [1.165, 1.54) is 0 Å². The highest BCUT2D eigenvalue weighted by Crippen LogP contribution is 2.53. The lowest BCUT2D eigenvalue weighted by atomic mass is 9.79. The number of hydrogen-bond donors (Lipinski definition) is 0. The molecule has 0 spiro atoms. The van der Waals surface area contributed by atoms with E-state index in [-0.39, 0.29) is 52.5 Å². The highest BCUT2D eigenvalue weighted by atomic mass is 79.9. The van der Waals surface area contributed by atoms with Crippen LogP contribution in [-0.4, -0.2) is 86.7 Å². The minimum atomic E-state index is -0.623. The predicted octanol–water partition coefficient (Wildman–Crippen LogP) is 6.18. The Bertz CT molecular complexity index is 1740. The van der Waals surface area contributed by atoms with Crippen molar-refractivity contribution in [1.29, 1.82) is 5.26 Å². The number of fused-ring (bicyclic) bond motifs is 4. The van der Waals surface area contributed by atoms with Crippen molar-refractivity contribution in [3.8, 4) is 11.9 Å². The first-order chi connectivity index (χ1) is 21.8. The van der Waals surface area contributed by atoms with Crippen LogP contribution >= 0.6 is 15.9 Å². The number of ether oxygens (including phenoxy) is 2. The molecule has 1 aromatic carbocycles. The van der Waals surface area contributed by atoms with Crippen molar-refractivity contribution in [3.05, 3.63) is 33.7 Å². The third-order valence-electron chi connectivity index (χ3n) is 9.47. The van der Waals surface area contributed by atoms with Crippen LogP contribution in [0.4, 0.5) is 9.18 Å². The van der Waals surface area contributed by atoms with Gasteiger partial charge in [-0.05, 0) is 88.0 Å². The van der Waals surface area contributed by atoms with E-state index in [9.17, 15) is 14.9 Å². The van der Waals surface area contributed by atoms with Gasteiger partial charge in [0.15, 0.2) is 5.82 Å². The monoisotopic (exact) mass is 696 g/mol. The van der Waals surface area contributed by atoms with Crippen molar-refractivity contribution >= 4 is 49.7 Å². The molecule has 7 rings (SSSR count). The van der Waals surface area contributed by atoms with Crippen LogP contribution < -0.4 is 4.74 Å². The topological polar surface area (TPSA) is 104 Å².